The van der Waals surface area contributed by atoms with E-state index >= 15 is 0 Å². The van der Waals surface area contributed by atoms with Crippen molar-refractivity contribution < 1.29 is 19.0 Å². The van der Waals surface area contributed by atoms with Gasteiger partial charge in [0.05, 0.1) is 13.3 Å². The number of hydrogen-bond acceptors (Lipinski definition) is 10. The average Bonchev–Trinajstić information content (AvgIpc) is 3.17. The first-order chi connectivity index (χ1) is 12.1. The van der Waals surface area contributed by atoms with Gasteiger partial charge in [-0.1, -0.05) is 9.89 Å². The summed E-state index contributed by atoms with van der Waals surface area (Å²) in [4.78, 5) is 1.39. The number of methoxy groups -OCH3 is 1. The van der Waals surface area contributed by atoms with Gasteiger partial charge in [0.1, 0.15) is 0 Å². The molecule has 25 heavy (non-hydrogen) atoms. The van der Waals surface area contributed by atoms with Gasteiger partial charge in [-0.15, -0.1) is 0 Å². The van der Waals surface area contributed by atoms with E-state index in [2.05, 4.69) is 30.4 Å². The molecule has 130 valence electrons. The number of nitrogens with two attached hydrogens (primary N) is 1. The molecule has 0 bridgehead atoms. The van der Waals surface area contributed by atoms with E-state index in [1.807, 2.05) is 0 Å². The molecule has 0 atom stereocenters. The van der Waals surface area contributed by atoms with Crippen LogP contribution < -0.4 is 20.1 Å². The van der Waals surface area contributed by atoms with Crippen molar-refractivity contribution in [3.63, 3.8) is 0 Å². The zero-order valence-corrected chi connectivity index (χ0v) is 13.4. The standard InChI is InChI=1S/C13H14N8O4/c1-8-10(21(22)25-17-8)7-24-11-4-3-9(5-12(11)23-2)6-15-20-13(14)16-18-19-20/h3-6H,7H2,1-2H3,(H2,14,16,19)/b15-6-. The molecule has 12 nitrogen and oxygen atoms in total. The average molecular weight is 346 g/mol. The van der Waals surface area contributed by atoms with Crippen molar-refractivity contribution in [2.75, 3.05) is 12.8 Å². The summed E-state index contributed by atoms with van der Waals surface area (Å²) in [6, 6.07) is 5.12. The van der Waals surface area contributed by atoms with E-state index in [9.17, 15) is 5.21 Å². The van der Waals surface area contributed by atoms with E-state index < -0.39 is 0 Å². The third-order valence-corrected chi connectivity index (χ3v) is 3.24. The molecule has 0 aliphatic rings. The molecule has 0 aliphatic carbocycles. The minimum atomic E-state index is -0.0101. The van der Waals surface area contributed by atoms with E-state index in [4.69, 9.17) is 15.2 Å². The van der Waals surface area contributed by atoms with Gasteiger partial charge in [0.25, 0.3) is 5.95 Å². The van der Waals surface area contributed by atoms with Crippen LogP contribution in [0.25, 0.3) is 0 Å². The number of tetrazole rings is 1. The first-order valence-electron chi connectivity index (χ1n) is 7.02. The fourth-order valence-electron chi connectivity index (χ4n) is 1.91. The molecule has 2 aromatic heterocycles. The van der Waals surface area contributed by atoms with Crippen molar-refractivity contribution in [1.82, 2.24) is 25.5 Å². The van der Waals surface area contributed by atoms with E-state index in [0.29, 0.717) is 27.7 Å². The second-order valence-electron chi connectivity index (χ2n) is 4.83. The van der Waals surface area contributed by atoms with Gasteiger partial charge in [-0.2, -0.15) is 5.10 Å². The SMILES string of the molecule is COc1cc(/C=N\n2nnnc2N)ccc1OCc1c(C)no[n+]1[O-]. The number of ether oxygens (including phenoxy) is 2. The summed E-state index contributed by atoms with van der Waals surface area (Å²) in [5.41, 5.74) is 6.97. The van der Waals surface area contributed by atoms with E-state index in [1.54, 1.807) is 25.1 Å². The number of hydrogen-bond donors (Lipinski definition) is 1. The Balaban J connectivity index is 1.75. The lowest BCUT2D eigenvalue weighted by Crippen LogP contribution is -2.29. The summed E-state index contributed by atoms with van der Waals surface area (Å²) in [6.07, 6.45) is 1.51. The number of nitrogen functional groups attached to an aromatic ring is 1. The topological polar surface area (TPSA) is 153 Å². The Morgan fingerprint density at radius 2 is 2.28 bits per heavy atom. The van der Waals surface area contributed by atoms with Crippen LogP contribution in [0.4, 0.5) is 5.95 Å². The molecule has 12 heteroatoms. The van der Waals surface area contributed by atoms with Gasteiger partial charge in [-0.05, 0) is 39.1 Å². The molecule has 3 rings (SSSR count). The van der Waals surface area contributed by atoms with Gasteiger partial charge in [0, 0.05) is 12.1 Å². The maximum absolute atomic E-state index is 11.4. The van der Waals surface area contributed by atoms with Crippen LogP contribution in [0.5, 0.6) is 11.5 Å². The molecular weight excluding hydrogens is 332 g/mol. The molecule has 0 amide bonds. The van der Waals surface area contributed by atoms with Gasteiger partial charge in [0.2, 0.25) is 11.4 Å². The number of aryl methyl sites for hydroxylation is 1. The summed E-state index contributed by atoms with van der Waals surface area (Å²) in [5.74, 6) is 0.973. The summed E-state index contributed by atoms with van der Waals surface area (Å²) >= 11 is 0. The molecule has 0 saturated carbocycles. The van der Waals surface area contributed by atoms with E-state index in [0.717, 1.165) is 4.79 Å². The molecular formula is C13H14N8O4. The van der Waals surface area contributed by atoms with Crippen molar-refractivity contribution >= 4 is 12.2 Å². The van der Waals surface area contributed by atoms with E-state index in [1.165, 1.54) is 13.3 Å². The lowest BCUT2D eigenvalue weighted by molar-refractivity contribution is -0.808. The fourth-order valence-corrected chi connectivity index (χ4v) is 1.91. The van der Waals surface area contributed by atoms with Crippen molar-refractivity contribution in [1.29, 1.82) is 0 Å². The van der Waals surface area contributed by atoms with Gasteiger partial charge in [-0.25, -0.2) is 0 Å². The Bertz CT molecular complexity index is 884. The highest BCUT2D eigenvalue weighted by molar-refractivity contribution is 5.80. The molecule has 0 radical (unpaired) electrons. The summed E-state index contributed by atoms with van der Waals surface area (Å²) < 4.78 is 15.4. The maximum Gasteiger partial charge on any atom is 0.263 e. The lowest BCUT2D eigenvalue weighted by Gasteiger charge is -2.10. The number of aromatic nitrogens is 6. The van der Waals surface area contributed by atoms with Crippen LogP contribution in [0, 0.1) is 12.1 Å². The van der Waals surface area contributed by atoms with Crippen molar-refractivity contribution in [3.05, 3.63) is 40.4 Å². The second-order valence-corrected chi connectivity index (χ2v) is 4.83. The van der Waals surface area contributed by atoms with Crippen LogP contribution in [-0.4, -0.2) is 38.8 Å². The predicted molar refractivity (Wildman–Crippen MR) is 82.7 cm³/mol. The Morgan fingerprint density at radius 3 is 2.92 bits per heavy atom. The predicted octanol–water partition coefficient (Wildman–Crippen LogP) is -0.345. The minimum Gasteiger partial charge on any atom is -0.493 e. The second kappa shape index (κ2) is 6.82. The van der Waals surface area contributed by atoms with Gasteiger partial charge in [-0.3, -0.25) is 4.63 Å². The van der Waals surface area contributed by atoms with Gasteiger partial charge < -0.3 is 20.4 Å². The minimum absolute atomic E-state index is 0.0101. The van der Waals surface area contributed by atoms with Crippen LogP contribution in [-0.2, 0) is 6.61 Å². The molecule has 0 unspecified atom stereocenters. The number of rotatable bonds is 6. The molecule has 2 N–H and O–H groups in total. The quantitative estimate of drug-likeness (QED) is 0.466. The van der Waals surface area contributed by atoms with Gasteiger partial charge in [0.15, 0.2) is 18.1 Å². The largest absolute Gasteiger partial charge is 0.493 e. The van der Waals surface area contributed by atoms with Crippen LogP contribution in [0.2, 0.25) is 0 Å². The zero-order chi connectivity index (χ0) is 17.8. The highest BCUT2D eigenvalue weighted by Crippen LogP contribution is 2.28. The summed E-state index contributed by atoms with van der Waals surface area (Å²) in [7, 11) is 1.50. The molecule has 1 aromatic carbocycles. The first kappa shape index (κ1) is 16.2. The lowest BCUT2D eigenvalue weighted by atomic mass is 10.2. The number of benzene rings is 1. The molecule has 0 fully saturated rings. The van der Waals surface area contributed by atoms with Crippen molar-refractivity contribution in [2.24, 2.45) is 5.10 Å². The zero-order valence-electron chi connectivity index (χ0n) is 13.4. The maximum atomic E-state index is 11.4. The third kappa shape index (κ3) is 3.46. The monoisotopic (exact) mass is 346 g/mol. The molecule has 2 heterocycles. The van der Waals surface area contributed by atoms with Crippen LogP contribution in [0.1, 0.15) is 17.0 Å². The van der Waals surface area contributed by atoms with E-state index in [-0.39, 0.29) is 18.2 Å². The Morgan fingerprint density at radius 1 is 1.44 bits per heavy atom. The Labute approximate surface area is 141 Å². The normalized spacial score (nSPS) is 11.1. The smallest absolute Gasteiger partial charge is 0.263 e. The van der Waals surface area contributed by atoms with Gasteiger partial charge >= 0.3 is 0 Å². The Hall–Kier alpha value is -3.70. The third-order valence-electron chi connectivity index (χ3n) is 3.24. The fraction of sp³-hybridized carbons (Fsp3) is 0.231. The number of nitrogens with zero attached hydrogens (tertiary/aromatic N) is 7. The van der Waals surface area contributed by atoms with Crippen LogP contribution in [0.3, 0.4) is 0 Å². The highest BCUT2D eigenvalue weighted by Gasteiger charge is 2.16. The van der Waals surface area contributed by atoms with Crippen LogP contribution >= 0.6 is 0 Å². The molecule has 0 spiro atoms. The van der Waals surface area contributed by atoms with Crippen molar-refractivity contribution in [3.8, 4) is 11.5 Å². The molecule has 0 aliphatic heterocycles. The number of anilines is 1. The van der Waals surface area contributed by atoms with Crippen molar-refractivity contribution in [2.45, 2.75) is 13.5 Å². The Kier molecular flexibility index (Phi) is 4.41. The van der Waals surface area contributed by atoms with Crippen LogP contribution in [0.15, 0.2) is 27.9 Å². The first-order valence-corrected chi connectivity index (χ1v) is 7.02. The summed E-state index contributed by atoms with van der Waals surface area (Å²) in [5, 5.41) is 29.5. The molecule has 0 saturated heterocycles. The molecule has 3 aromatic rings. The highest BCUT2D eigenvalue weighted by atomic mass is 16.8. The summed E-state index contributed by atoms with van der Waals surface area (Å²) in [6.45, 7) is 1.64.